The minimum absolute atomic E-state index is 0.264. The van der Waals surface area contributed by atoms with Crippen LogP contribution in [0.1, 0.15) is 30.5 Å². The largest absolute Gasteiger partial charge is 0.496 e. The summed E-state index contributed by atoms with van der Waals surface area (Å²) in [6, 6.07) is 8.40. The number of halogens is 1. The van der Waals surface area contributed by atoms with Crippen LogP contribution in [0.5, 0.6) is 5.75 Å². The van der Waals surface area contributed by atoms with Gasteiger partial charge < -0.3 is 10.1 Å². The van der Waals surface area contributed by atoms with E-state index in [1.54, 1.807) is 31.6 Å². The number of pyridine rings is 1. The maximum atomic E-state index is 14.3. The van der Waals surface area contributed by atoms with Gasteiger partial charge in [0.1, 0.15) is 11.6 Å². The Kier molecular flexibility index (Phi) is 5.07. The van der Waals surface area contributed by atoms with E-state index in [0.717, 1.165) is 18.5 Å². The van der Waals surface area contributed by atoms with Crippen LogP contribution in [-0.4, -0.2) is 18.6 Å². The molecule has 0 saturated carbocycles. The summed E-state index contributed by atoms with van der Waals surface area (Å²) in [6.07, 6.45) is 4.42. The van der Waals surface area contributed by atoms with Gasteiger partial charge in [-0.1, -0.05) is 19.1 Å². The van der Waals surface area contributed by atoms with Gasteiger partial charge in [-0.3, -0.25) is 4.98 Å². The molecule has 0 aliphatic carbocycles. The summed E-state index contributed by atoms with van der Waals surface area (Å²) in [6.45, 7) is 2.86. The Morgan fingerprint density at radius 2 is 2.15 bits per heavy atom. The normalized spacial score (nSPS) is 12.2. The number of aromatic nitrogens is 1. The molecule has 3 nitrogen and oxygen atoms in total. The van der Waals surface area contributed by atoms with E-state index in [9.17, 15) is 4.39 Å². The summed E-state index contributed by atoms with van der Waals surface area (Å²) in [5, 5.41) is 3.36. The molecule has 0 aliphatic heterocycles. The Labute approximate surface area is 118 Å². The lowest BCUT2D eigenvalue weighted by atomic mass is 9.98. The van der Waals surface area contributed by atoms with Crippen LogP contribution in [0.4, 0.5) is 4.39 Å². The third kappa shape index (κ3) is 3.14. The highest BCUT2D eigenvalue weighted by Gasteiger charge is 2.21. The predicted molar refractivity (Wildman–Crippen MR) is 77.3 cm³/mol. The Hall–Kier alpha value is -1.94. The minimum Gasteiger partial charge on any atom is -0.496 e. The van der Waals surface area contributed by atoms with Crippen molar-refractivity contribution in [2.75, 3.05) is 13.7 Å². The molecule has 106 valence electrons. The molecule has 0 radical (unpaired) electrons. The maximum Gasteiger partial charge on any atom is 0.132 e. The molecule has 1 aromatic carbocycles. The Balaban J connectivity index is 2.46. The van der Waals surface area contributed by atoms with Crippen molar-refractivity contribution in [1.29, 1.82) is 0 Å². The van der Waals surface area contributed by atoms with Gasteiger partial charge in [-0.2, -0.15) is 0 Å². The highest BCUT2D eigenvalue weighted by Crippen LogP contribution is 2.31. The average Bonchev–Trinajstić information content (AvgIpc) is 2.50. The molecule has 2 rings (SSSR count). The number of hydrogen-bond donors (Lipinski definition) is 1. The van der Waals surface area contributed by atoms with E-state index in [1.165, 1.54) is 6.07 Å². The number of benzene rings is 1. The molecule has 0 saturated heterocycles. The van der Waals surface area contributed by atoms with E-state index < -0.39 is 0 Å². The lowest BCUT2D eigenvalue weighted by Gasteiger charge is -2.22. The van der Waals surface area contributed by atoms with Crippen molar-refractivity contribution in [3.63, 3.8) is 0 Å². The van der Waals surface area contributed by atoms with Crippen molar-refractivity contribution >= 4 is 0 Å². The SMILES string of the molecule is CCCNC(c1cccnc1)c1c(F)cccc1OC. The lowest BCUT2D eigenvalue weighted by Crippen LogP contribution is -2.24. The smallest absolute Gasteiger partial charge is 0.132 e. The van der Waals surface area contributed by atoms with E-state index in [1.807, 2.05) is 12.1 Å². The van der Waals surface area contributed by atoms with Crippen molar-refractivity contribution in [3.8, 4) is 5.75 Å². The highest BCUT2D eigenvalue weighted by molar-refractivity contribution is 5.42. The zero-order valence-electron chi connectivity index (χ0n) is 11.8. The van der Waals surface area contributed by atoms with Gasteiger partial charge in [0.25, 0.3) is 0 Å². The molecule has 0 amide bonds. The number of rotatable bonds is 6. The first-order valence-electron chi connectivity index (χ1n) is 6.73. The third-order valence-corrected chi connectivity index (χ3v) is 3.14. The summed E-state index contributed by atoms with van der Waals surface area (Å²) >= 11 is 0. The fourth-order valence-electron chi connectivity index (χ4n) is 2.20. The van der Waals surface area contributed by atoms with Crippen LogP contribution in [0.2, 0.25) is 0 Å². The molecule has 1 aromatic heterocycles. The molecule has 1 unspecified atom stereocenters. The van der Waals surface area contributed by atoms with E-state index >= 15 is 0 Å². The van der Waals surface area contributed by atoms with Gasteiger partial charge in [0.2, 0.25) is 0 Å². The summed E-state index contributed by atoms with van der Waals surface area (Å²) in [7, 11) is 1.55. The van der Waals surface area contributed by atoms with Crippen LogP contribution in [0.3, 0.4) is 0 Å². The second-order valence-corrected chi connectivity index (χ2v) is 4.53. The molecule has 20 heavy (non-hydrogen) atoms. The first-order chi connectivity index (χ1) is 9.77. The molecule has 4 heteroatoms. The Morgan fingerprint density at radius 3 is 2.80 bits per heavy atom. The first-order valence-corrected chi connectivity index (χ1v) is 6.73. The third-order valence-electron chi connectivity index (χ3n) is 3.14. The standard InChI is InChI=1S/C16H19FN2O/c1-3-9-19-16(12-6-5-10-18-11-12)15-13(17)7-4-8-14(15)20-2/h4-8,10-11,16,19H,3,9H2,1-2H3. The van der Waals surface area contributed by atoms with Crippen LogP contribution < -0.4 is 10.1 Å². The maximum absolute atomic E-state index is 14.3. The van der Waals surface area contributed by atoms with Gasteiger partial charge in [-0.15, -0.1) is 0 Å². The number of nitrogens with zero attached hydrogens (tertiary/aromatic N) is 1. The lowest BCUT2D eigenvalue weighted by molar-refractivity contribution is 0.396. The molecular weight excluding hydrogens is 255 g/mol. The number of nitrogens with one attached hydrogen (secondary N) is 1. The van der Waals surface area contributed by atoms with Crippen molar-refractivity contribution in [2.45, 2.75) is 19.4 Å². The second-order valence-electron chi connectivity index (χ2n) is 4.53. The average molecular weight is 274 g/mol. The first kappa shape index (κ1) is 14.5. The van der Waals surface area contributed by atoms with Crippen molar-refractivity contribution in [1.82, 2.24) is 10.3 Å². The zero-order chi connectivity index (χ0) is 14.4. The molecule has 0 fully saturated rings. The van der Waals surface area contributed by atoms with Gasteiger partial charge >= 0.3 is 0 Å². The summed E-state index contributed by atoms with van der Waals surface area (Å²) < 4.78 is 19.6. The summed E-state index contributed by atoms with van der Waals surface area (Å²) in [4.78, 5) is 4.12. The van der Waals surface area contributed by atoms with Gasteiger partial charge in [0.15, 0.2) is 0 Å². The van der Waals surface area contributed by atoms with Crippen LogP contribution in [-0.2, 0) is 0 Å². The van der Waals surface area contributed by atoms with Crippen LogP contribution in [0.25, 0.3) is 0 Å². The van der Waals surface area contributed by atoms with Gasteiger partial charge in [0, 0.05) is 12.4 Å². The van der Waals surface area contributed by atoms with Crippen LogP contribution in [0, 0.1) is 5.82 Å². The van der Waals surface area contributed by atoms with Crippen LogP contribution >= 0.6 is 0 Å². The molecule has 0 spiro atoms. The minimum atomic E-state index is -0.276. The second kappa shape index (κ2) is 7.01. The van der Waals surface area contributed by atoms with Crippen LogP contribution in [0.15, 0.2) is 42.7 Å². The number of ether oxygens (including phenoxy) is 1. The predicted octanol–water partition coefficient (Wildman–Crippen LogP) is 3.32. The topological polar surface area (TPSA) is 34.2 Å². The fraction of sp³-hybridized carbons (Fsp3) is 0.312. The van der Waals surface area contributed by atoms with Crippen molar-refractivity contribution < 1.29 is 9.13 Å². The molecule has 2 aromatic rings. The quantitative estimate of drug-likeness (QED) is 0.877. The fourth-order valence-corrected chi connectivity index (χ4v) is 2.20. The molecule has 0 aliphatic rings. The van der Waals surface area contributed by atoms with E-state index in [4.69, 9.17) is 4.74 Å². The van der Waals surface area contributed by atoms with Gasteiger partial charge in [-0.05, 0) is 36.7 Å². The monoisotopic (exact) mass is 274 g/mol. The Morgan fingerprint density at radius 1 is 1.30 bits per heavy atom. The Bertz CT molecular complexity index is 545. The summed E-state index contributed by atoms with van der Waals surface area (Å²) in [5.74, 6) is 0.268. The summed E-state index contributed by atoms with van der Waals surface area (Å²) in [5.41, 5.74) is 1.45. The molecule has 0 bridgehead atoms. The number of hydrogen-bond acceptors (Lipinski definition) is 3. The van der Waals surface area contributed by atoms with Crippen molar-refractivity contribution in [3.05, 3.63) is 59.7 Å². The highest BCUT2D eigenvalue weighted by atomic mass is 19.1. The number of methoxy groups -OCH3 is 1. The van der Waals surface area contributed by atoms with Gasteiger partial charge in [-0.25, -0.2) is 4.39 Å². The van der Waals surface area contributed by atoms with E-state index in [-0.39, 0.29) is 11.9 Å². The molecule has 1 heterocycles. The van der Waals surface area contributed by atoms with Crippen molar-refractivity contribution in [2.24, 2.45) is 0 Å². The molecule has 1 atom stereocenters. The molecule has 1 N–H and O–H groups in total. The zero-order valence-corrected chi connectivity index (χ0v) is 11.8. The van der Waals surface area contributed by atoms with E-state index in [2.05, 4.69) is 17.2 Å². The van der Waals surface area contributed by atoms with Gasteiger partial charge in [0.05, 0.1) is 18.7 Å². The van der Waals surface area contributed by atoms with E-state index in [0.29, 0.717) is 11.3 Å². The molecular formula is C16H19FN2O.